The van der Waals surface area contributed by atoms with E-state index in [0.29, 0.717) is 6.54 Å². The maximum atomic E-state index is 13.4. The number of aliphatic imine (C=N–C) groups is 2. The van der Waals surface area contributed by atoms with E-state index in [-0.39, 0.29) is 17.9 Å². The number of hydrogen-bond donors (Lipinski definition) is 2. The highest BCUT2D eigenvalue weighted by molar-refractivity contribution is 6.03. The van der Waals surface area contributed by atoms with Crippen LogP contribution in [-0.4, -0.2) is 44.5 Å². The standard InChI is InChI=1S/C33H38FN5O/c1-5-7-9-26(6-2)30(22-36-29-14-12-28(34)13-15-29)38-33-27(10-8-18-35-33)20-25-11-16-31(32(21-25)40-4)39-19-17-24(3)37-23-39/h5-7,9,11-17,19-21,23-24,30,36H,1,8,10,18,22H2,2-4H3,(H,35,38)/b9-7-,26-6+,27-20+. The van der Waals surface area contributed by atoms with Gasteiger partial charge in [-0.25, -0.2) is 4.39 Å². The number of amidine groups is 1. The van der Waals surface area contributed by atoms with Gasteiger partial charge in [-0.2, -0.15) is 0 Å². The lowest BCUT2D eigenvalue weighted by atomic mass is 10.00. The van der Waals surface area contributed by atoms with Crippen LogP contribution in [0, 0.1) is 5.82 Å². The van der Waals surface area contributed by atoms with Crippen molar-refractivity contribution in [1.29, 1.82) is 0 Å². The van der Waals surface area contributed by atoms with E-state index in [1.165, 1.54) is 12.1 Å². The normalized spacial score (nSPS) is 19.1. The highest BCUT2D eigenvalue weighted by Crippen LogP contribution is 2.31. The molecule has 40 heavy (non-hydrogen) atoms. The number of ether oxygens (including phenoxy) is 1. The molecule has 0 aromatic heterocycles. The lowest BCUT2D eigenvalue weighted by molar-refractivity contribution is 0.416. The van der Waals surface area contributed by atoms with Gasteiger partial charge in [0.2, 0.25) is 0 Å². The van der Waals surface area contributed by atoms with E-state index in [9.17, 15) is 4.39 Å². The Morgan fingerprint density at radius 1 is 1.25 bits per heavy atom. The number of nitrogens with one attached hydrogen (secondary N) is 2. The lowest BCUT2D eigenvalue weighted by Gasteiger charge is -2.26. The Bertz CT molecular complexity index is 1340. The number of benzene rings is 2. The summed E-state index contributed by atoms with van der Waals surface area (Å²) in [5, 5.41) is 7.12. The molecule has 0 radical (unpaired) electrons. The Morgan fingerprint density at radius 2 is 2.08 bits per heavy atom. The monoisotopic (exact) mass is 539 g/mol. The molecule has 0 aliphatic carbocycles. The van der Waals surface area contributed by atoms with E-state index in [0.717, 1.165) is 59.1 Å². The molecule has 0 fully saturated rings. The number of allylic oxidation sites excluding steroid dienone is 3. The van der Waals surface area contributed by atoms with Crippen molar-refractivity contribution in [1.82, 2.24) is 5.32 Å². The Kier molecular flexibility index (Phi) is 10.1. The molecule has 2 aromatic carbocycles. The first-order chi connectivity index (χ1) is 19.5. The molecule has 0 saturated heterocycles. The molecule has 0 spiro atoms. The zero-order chi connectivity index (χ0) is 28.3. The van der Waals surface area contributed by atoms with Gasteiger partial charge in [-0.1, -0.05) is 36.9 Å². The topological polar surface area (TPSA) is 61.2 Å². The smallest absolute Gasteiger partial charge is 0.143 e. The molecule has 0 amide bonds. The summed E-state index contributed by atoms with van der Waals surface area (Å²) in [5.74, 6) is 1.40. The molecule has 2 aromatic rings. The van der Waals surface area contributed by atoms with Gasteiger partial charge in [0.1, 0.15) is 17.4 Å². The van der Waals surface area contributed by atoms with Gasteiger partial charge in [0.05, 0.1) is 31.2 Å². The summed E-state index contributed by atoms with van der Waals surface area (Å²) in [7, 11) is 1.69. The summed E-state index contributed by atoms with van der Waals surface area (Å²) in [6.07, 6.45) is 17.8. The number of nitrogens with zero attached hydrogens (tertiary/aromatic N) is 3. The molecule has 0 saturated carbocycles. The Hall–Kier alpha value is -4.39. The highest BCUT2D eigenvalue weighted by atomic mass is 19.1. The van der Waals surface area contributed by atoms with E-state index in [1.54, 1.807) is 25.3 Å². The minimum Gasteiger partial charge on any atom is -0.495 e. The summed E-state index contributed by atoms with van der Waals surface area (Å²) in [6.45, 7) is 9.24. The quantitative estimate of drug-likeness (QED) is 0.322. The molecule has 208 valence electrons. The van der Waals surface area contributed by atoms with Crippen molar-refractivity contribution in [2.24, 2.45) is 9.98 Å². The first-order valence-electron chi connectivity index (χ1n) is 13.7. The largest absolute Gasteiger partial charge is 0.495 e. The molecule has 2 aliphatic heterocycles. The maximum absolute atomic E-state index is 13.4. The Balaban J connectivity index is 1.57. The van der Waals surface area contributed by atoms with Crippen molar-refractivity contribution in [2.45, 2.75) is 38.8 Å². The predicted octanol–water partition coefficient (Wildman–Crippen LogP) is 6.92. The molecule has 0 bridgehead atoms. The third-order valence-corrected chi connectivity index (χ3v) is 6.78. The Labute approximate surface area is 237 Å². The third-order valence-electron chi connectivity index (χ3n) is 6.78. The first kappa shape index (κ1) is 28.6. The Morgan fingerprint density at radius 3 is 2.77 bits per heavy atom. The van der Waals surface area contributed by atoms with Crippen LogP contribution in [0.4, 0.5) is 15.8 Å². The molecule has 2 heterocycles. The van der Waals surface area contributed by atoms with Crippen molar-refractivity contribution < 1.29 is 9.13 Å². The molecular formula is C33H38FN5O. The molecule has 6 nitrogen and oxygen atoms in total. The zero-order valence-corrected chi connectivity index (χ0v) is 23.5. The molecule has 2 unspecified atom stereocenters. The van der Waals surface area contributed by atoms with Crippen molar-refractivity contribution in [3.8, 4) is 5.75 Å². The van der Waals surface area contributed by atoms with Gasteiger partial charge < -0.3 is 20.3 Å². The minimum absolute atomic E-state index is 0.0732. The van der Waals surface area contributed by atoms with Crippen LogP contribution < -0.4 is 20.3 Å². The molecular weight excluding hydrogens is 501 g/mol. The molecule has 2 aliphatic rings. The molecule has 4 rings (SSSR count). The van der Waals surface area contributed by atoms with Crippen LogP contribution in [0.1, 0.15) is 32.3 Å². The minimum atomic E-state index is -0.255. The number of anilines is 2. The van der Waals surface area contributed by atoms with Crippen molar-refractivity contribution in [3.05, 3.63) is 108 Å². The van der Waals surface area contributed by atoms with Gasteiger partial charge in [0, 0.05) is 25.0 Å². The number of methoxy groups -OCH3 is 1. The summed E-state index contributed by atoms with van der Waals surface area (Å²) in [4.78, 5) is 11.3. The SMILES string of the molecule is C=C/C=C\C(=C/C)C(CNc1ccc(F)cc1)NC1=NCCC/C1=C\c1ccc(N2C=CC(C)N=C2)c(OC)c1. The summed E-state index contributed by atoms with van der Waals surface area (Å²) in [5.41, 5.74) is 5.07. The van der Waals surface area contributed by atoms with Gasteiger partial charge in [-0.15, -0.1) is 0 Å². The average Bonchev–Trinajstić information content (AvgIpc) is 2.98. The van der Waals surface area contributed by atoms with Crippen LogP contribution in [-0.2, 0) is 0 Å². The van der Waals surface area contributed by atoms with Crippen LogP contribution in [0.25, 0.3) is 6.08 Å². The third kappa shape index (κ3) is 7.59. The zero-order valence-electron chi connectivity index (χ0n) is 23.5. The lowest BCUT2D eigenvalue weighted by Crippen LogP contribution is -2.42. The van der Waals surface area contributed by atoms with Gasteiger partial charge in [0.15, 0.2) is 0 Å². The second kappa shape index (κ2) is 14.1. The van der Waals surface area contributed by atoms with Crippen LogP contribution in [0.5, 0.6) is 5.75 Å². The summed E-state index contributed by atoms with van der Waals surface area (Å²) >= 11 is 0. The van der Waals surface area contributed by atoms with Crippen LogP contribution in [0.2, 0.25) is 0 Å². The van der Waals surface area contributed by atoms with Crippen LogP contribution >= 0.6 is 0 Å². The molecule has 7 heteroatoms. The second-order valence-corrected chi connectivity index (χ2v) is 9.66. The summed E-state index contributed by atoms with van der Waals surface area (Å²) in [6, 6.07) is 12.7. The summed E-state index contributed by atoms with van der Waals surface area (Å²) < 4.78 is 19.2. The number of rotatable bonds is 10. The fourth-order valence-electron chi connectivity index (χ4n) is 4.58. The van der Waals surface area contributed by atoms with Gasteiger partial charge in [-0.3, -0.25) is 9.98 Å². The molecule has 2 N–H and O–H groups in total. The van der Waals surface area contributed by atoms with Crippen LogP contribution in [0.15, 0.2) is 107 Å². The fraction of sp³-hybridized carbons (Fsp3) is 0.273. The highest BCUT2D eigenvalue weighted by Gasteiger charge is 2.19. The first-order valence-corrected chi connectivity index (χ1v) is 13.7. The van der Waals surface area contributed by atoms with Gasteiger partial charge in [-0.05, 0) is 91.9 Å². The van der Waals surface area contributed by atoms with E-state index in [4.69, 9.17) is 9.73 Å². The van der Waals surface area contributed by atoms with Crippen LogP contribution in [0.3, 0.4) is 0 Å². The van der Waals surface area contributed by atoms with E-state index >= 15 is 0 Å². The maximum Gasteiger partial charge on any atom is 0.143 e. The molecule has 2 atom stereocenters. The van der Waals surface area contributed by atoms with Crippen molar-refractivity contribution >= 4 is 29.6 Å². The van der Waals surface area contributed by atoms with E-state index < -0.39 is 0 Å². The van der Waals surface area contributed by atoms with E-state index in [2.05, 4.69) is 52.6 Å². The van der Waals surface area contributed by atoms with Crippen molar-refractivity contribution in [3.63, 3.8) is 0 Å². The van der Waals surface area contributed by atoms with E-state index in [1.807, 2.05) is 49.5 Å². The second-order valence-electron chi connectivity index (χ2n) is 9.66. The van der Waals surface area contributed by atoms with Crippen molar-refractivity contribution in [2.75, 3.05) is 30.4 Å². The van der Waals surface area contributed by atoms with Gasteiger partial charge in [0.25, 0.3) is 0 Å². The van der Waals surface area contributed by atoms with Gasteiger partial charge >= 0.3 is 0 Å². The number of halogens is 1. The fourth-order valence-corrected chi connectivity index (χ4v) is 4.58. The number of hydrogen-bond acceptors (Lipinski definition) is 6. The average molecular weight is 540 g/mol. The predicted molar refractivity (Wildman–Crippen MR) is 167 cm³/mol.